The molecule has 1 unspecified atom stereocenters. The average molecular weight is 352 g/mol. The highest BCUT2D eigenvalue weighted by Crippen LogP contribution is 2.31. The number of hydrogen-bond acceptors (Lipinski definition) is 2. The Balaban J connectivity index is 2.38. The summed E-state index contributed by atoms with van der Waals surface area (Å²) in [5, 5.41) is 3.40. The quantitative estimate of drug-likeness (QED) is 0.815. The largest absolute Gasteiger partial charge is 0.494 e. The summed E-state index contributed by atoms with van der Waals surface area (Å²) in [7, 11) is 0. The van der Waals surface area contributed by atoms with Crippen LogP contribution in [0.2, 0.25) is 0 Å². The number of ether oxygens (including phenoxy) is 1. The van der Waals surface area contributed by atoms with Gasteiger partial charge in [0.2, 0.25) is 0 Å². The molecule has 0 saturated heterocycles. The predicted molar refractivity (Wildman–Crippen MR) is 87.2 cm³/mol. The standard InChI is InChI=1S/C17H19BrFNO/c1-3-20-17(12-6-5-7-13(19)10-12)15-9-8-14(21-4-2)11-16(15)18/h5-11,17,20H,3-4H2,1-2H3. The van der Waals surface area contributed by atoms with Crippen LogP contribution in [0.15, 0.2) is 46.9 Å². The molecule has 0 radical (unpaired) electrons. The van der Waals surface area contributed by atoms with Gasteiger partial charge in [0.25, 0.3) is 0 Å². The second-order valence-corrected chi connectivity index (χ2v) is 5.52. The number of benzene rings is 2. The third kappa shape index (κ3) is 4.05. The fraction of sp³-hybridized carbons (Fsp3) is 0.294. The van der Waals surface area contributed by atoms with Crippen molar-refractivity contribution < 1.29 is 9.13 Å². The van der Waals surface area contributed by atoms with Crippen LogP contribution >= 0.6 is 15.9 Å². The van der Waals surface area contributed by atoms with E-state index in [9.17, 15) is 4.39 Å². The third-order valence-corrected chi connectivity index (χ3v) is 3.87. The van der Waals surface area contributed by atoms with E-state index in [4.69, 9.17) is 4.74 Å². The van der Waals surface area contributed by atoms with Gasteiger partial charge in [-0.15, -0.1) is 0 Å². The van der Waals surface area contributed by atoms with Crippen molar-refractivity contribution in [3.8, 4) is 5.75 Å². The van der Waals surface area contributed by atoms with Crippen LogP contribution in [0, 0.1) is 5.82 Å². The Hall–Kier alpha value is -1.39. The molecule has 0 fully saturated rings. The summed E-state index contributed by atoms with van der Waals surface area (Å²) in [6, 6.07) is 12.5. The van der Waals surface area contributed by atoms with Gasteiger partial charge >= 0.3 is 0 Å². The fourth-order valence-electron chi connectivity index (χ4n) is 2.30. The lowest BCUT2D eigenvalue weighted by Gasteiger charge is -2.21. The van der Waals surface area contributed by atoms with Crippen molar-refractivity contribution >= 4 is 15.9 Å². The zero-order valence-corrected chi connectivity index (χ0v) is 13.8. The molecule has 0 spiro atoms. The highest BCUT2D eigenvalue weighted by molar-refractivity contribution is 9.10. The van der Waals surface area contributed by atoms with Crippen molar-refractivity contribution in [1.82, 2.24) is 5.32 Å². The van der Waals surface area contributed by atoms with E-state index in [0.29, 0.717) is 6.61 Å². The van der Waals surface area contributed by atoms with E-state index in [0.717, 1.165) is 27.9 Å². The first-order chi connectivity index (χ1) is 10.2. The van der Waals surface area contributed by atoms with Gasteiger partial charge < -0.3 is 10.1 Å². The predicted octanol–water partition coefficient (Wildman–Crippen LogP) is 4.69. The molecule has 0 saturated carbocycles. The normalized spacial score (nSPS) is 12.2. The molecule has 0 bridgehead atoms. The maximum atomic E-state index is 13.5. The minimum absolute atomic E-state index is 0.0595. The van der Waals surface area contributed by atoms with Gasteiger partial charge in [-0.2, -0.15) is 0 Å². The Bertz CT molecular complexity index is 603. The van der Waals surface area contributed by atoms with Crippen molar-refractivity contribution in [3.63, 3.8) is 0 Å². The molecule has 1 atom stereocenters. The van der Waals surface area contributed by atoms with Gasteiger partial charge in [0.1, 0.15) is 11.6 Å². The molecule has 1 N–H and O–H groups in total. The van der Waals surface area contributed by atoms with Gasteiger partial charge in [-0.3, -0.25) is 0 Å². The summed E-state index contributed by atoms with van der Waals surface area (Å²) in [5.74, 6) is 0.597. The molecule has 0 aliphatic heterocycles. The number of rotatable bonds is 6. The molecule has 0 amide bonds. The highest BCUT2D eigenvalue weighted by atomic mass is 79.9. The first-order valence-electron chi connectivity index (χ1n) is 7.06. The summed E-state index contributed by atoms with van der Waals surface area (Å²) in [6.45, 7) is 5.41. The minimum Gasteiger partial charge on any atom is -0.494 e. The van der Waals surface area contributed by atoms with Crippen LogP contribution in [-0.2, 0) is 0 Å². The van der Waals surface area contributed by atoms with Crippen LogP contribution in [0.25, 0.3) is 0 Å². The second kappa shape index (κ2) is 7.57. The summed E-state index contributed by atoms with van der Waals surface area (Å²) < 4.78 is 19.9. The molecule has 2 aromatic rings. The first-order valence-corrected chi connectivity index (χ1v) is 7.86. The average Bonchev–Trinajstić information content (AvgIpc) is 2.46. The van der Waals surface area contributed by atoms with Crippen molar-refractivity contribution in [3.05, 3.63) is 63.9 Å². The van der Waals surface area contributed by atoms with Crippen LogP contribution in [-0.4, -0.2) is 13.2 Å². The van der Waals surface area contributed by atoms with Crippen molar-refractivity contribution in [2.24, 2.45) is 0 Å². The van der Waals surface area contributed by atoms with Crippen LogP contribution < -0.4 is 10.1 Å². The van der Waals surface area contributed by atoms with Gasteiger partial charge in [0.05, 0.1) is 12.6 Å². The maximum Gasteiger partial charge on any atom is 0.123 e. The molecular weight excluding hydrogens is 333 g/mol. The second-order valence-electron chi connectivity index (χ2n) is 4.66. The van der Waals surface area contributed by atoms with Gasteiger partial charge in [0, 0.05) is 4.47 Å². The Morgan fingerprint density at radius 2 is 2.00 bits per heavy atom. The van der Waals surface area contributed by atoms with Crippen molar-refractivity contribution in [2.45, 2.75) is 19.9 Å². The maximum absolute atomic E-state index is 13.5. The van der Waals surface area contributed by atoms with E-state index in [1.165, 1.54) is 6.07 Å². The molecule has 0 heterocycles. The monoisotopic (exact) mass is 351 g/mol. The number of hydrogen-bond donors (Lipinski definition) is 1. The molecule has 2 aromatic carbocycles. The zero-order chi connectivity index (χ0) is 15.2. The SMILES string of the molecule is CCNC(c1cccc(F)c1)c1ccc(OCC)cc1Br. The summed E-state index contributed by atoms with van der Waals surface area (Å²) in [6.07, 6.45) is 0. The van der Waals surface area contributed by atoms with Gasteiger partial charge in [-0.1, -0.05) is 41.1 Å². The van der Waals surface area contributed by atoms with Crippen LogP contribution in [0.3, 0.4) is 0 Å². The minimum atomic E-state index is -0.225. The summed E-state index contributed by atoms with van der Waals surface area (Å²) >= 11 is 3.59. The molecule has 0 aliphatic rings. The number of nitrogens with one attached hydrogen (secondary N) is 1. The third-order valence-electron chi connectivity index (χ3n) is 3.18. The lowest BCUT2D eigenvalue weighted by molar-refractivity contribution is 0.340. The molecule has 2 rings (SSSR count). The van der Waals surface area contributed by atoms with E-state index in [-0.39, 0.29) is 11.9 Å². The Morgan fingerprint density at radius 1 is 1.19 bits per heavy atom. The lowest BCUT2D eigenvalue weighted by Crippen LogP contribution is -2.22. The van der Waals surface area contributed by atoms with E-state index in [2.05, 4.69) is 21.2 Å². The molecule has 0 aromatic heterocycles. The molecule has 2 nitrogen and oxygen atoms in total. The van der Waals surface area contributed by atoms with Crippen LogP contribution in [0.1, 0.15) is 31.0 Å². The van der Waals surface area contributed by atoms with E-state index < -0.39 is 0 Å². The lowest BCUT2D eigenvalue weighted by atomic mass is 9.98. The first kappa shape index (κ1) is 16.0. The van der Waals surface area contributed by atoms with Gasteiger partial charge in [-0.05, 0) is 48.9 Å². The zero-order valence-electron chi connectivity index (χ0n) is 12.2. The Labute approximate surface area is 133 Å². The van der Waals surface area contributed by atoms with Crippen molar-refractivity contribution in [1.29, 1.82) is 0 Å². The van der Waals surface area contributed by atoms with E-state index in [1.807, 2.05) is 38.1 Å². The fourth-order valence-corrected chi connectivity index (χ4v) is 2.88. The van der Waals surface area contributed by atoms with Gasteiger partial charge in [0.15, 0.2) is 0 Å². The van der Waals surface area contributed by atoms with Gasteiger partial charge in [-0.25, -0.2) is 4.39 Å². The van der Waals surface area contributed by atoms with Crippen LogP contribution in [0.4, 0.5) is 4.39 Å². The van der Waals surface area contributed by atoms with E-state index >= 15 is 0 Å². The highest BCUT2D eigenvalue weighted by Gasteiger charge is 2.16. The Kier molecular flexibility index (Phi) is 5.76. The topological polar surface area (TPSA) is 21.3 Å². The molecule has 4 heteroatoms. The van der Waals surface area contributed by atoms with Crippen LogP contribution in [0.5, 0.6) is 5.75 Å². The molecular formula is C17H19BrFNO. The summed E-state index contributed by atoms with van der Waals surface area (Å²) in [5.41, 5.74) is 1.97. The number of halogens is 2. The van der Waals surface area contributed by atoms with E-state index in [1.54, 1.807) is 12.1 Å². The Morgan fingerprint density at radius 3 is 2.62 bits per heavy atom. The smallest absolute Gasteiger partial charge is 0.123 e. The molecule has 21 heavy (non-hydrogen) atoms. The van der Waals surface area contributed by atoms with Crippen molar-refractivity contribution in [2.75, 3.05) is 13.2 Å². The molecule has 0 aliphatic carbocycles. The summed E-state index contributed by atoms with van der Waals surface area (Å²) in [4.78, 5) is 0. The molecule has 112 valence electrons.